The molecule has 0 aromatic heterocycles. The maximum absolute atomic E-state index is 14.3. The highest BCUT2D eigenvalue weighted by Crippen LogP contribution is 2.40. The molecule has 0 bridgehead atoms. The minimum Gasteiger partial charge on any atom is -0.381 e. The number of aliphatic hydroxyl groups excluding tert-OH is 1. The molecule has 0 saturated carbocycles. The lowest BCUT2D eigenvalue weighted by Crippen LogP contribution is -2.62. The van der Waals surface area contributed by atoms with E-state index < -0.39 is 52.2 Å². The Hall–Kier alpha value is -4.19. The Labute approximate surface area is 319 Å². The summed E-state index contributed by atoms with van der Waals surface area (Å²) in [4.78, 5) is 57.6. The van der Waals surface area contributed by atoms with Crippen molar-refractivity contribution in [2.45, 2.75) is 103 Å². The number of nitrogens with one attached hydrogen (secondary N) is 4. The maximum atomic E-state index is 14.3. The Morgan fingerprint density at radius 1 is 0.811 bits per heavy atom. The molecular formula is C42H57N5O5S. The first-order chi connectivity index (χ1) is 24.9. The minimum absolute atomic E-state index is 0.140. The monoisotopic (exact) mass is 743 g/mol. The summed E-state index contributed by atoms with van der Waals surface area (Å²) in [6.45, 7) is 16.3. The van der Waals surface area contributed by atoms with Crippen LogP contribution in [0.4, 0.5) is 0 Å². The summed E-state index contributed by atoms with van der Waals surface area (Å²) in [5, 5.41) is 24.1. The molecule has 1 aliphatic rings. The van der Waals surface area contributed by atoms with Crippen molar-refractivity contribution in [2.24, 2.45) is 10.8 Å². The number of carbonyl (C=O) groups excluding carboxylic acids is 4. The van der Waals surface area contributed by atoms with Gasteiger partial charge >= 0.3 is 0 Å². The van der Waals surface area contributed by atoms with Crippen molar-refractivity contribution in [1.82, 2.24) is 26.2 Å². The van der Waals surface area contributed by atoms with E-state index in [1.54, 1.807) is 0 Å². The van der Waals surface area contributed by atoms with E-state index in [4.69, 9.17) is 0 Å². The second-order valence-corrected chi connectivity index (χ2v) is 18.2. The molecule has 4 rings (SSSR count). The van der Waals surface area contributed by atoms with E-state index in [-0.39, 0.29) is 29.5 Å². The van der Waals surface area contributed by atoms with E-state index in [1.165, 1.54) is 16.7 Å². The number of thioether (sulfide) groups is 1. The molecule has 3 aromatic carbocycles. The topological polar surface area (TPSA) is 140 Å². The number of hydrogen-bond donors (Lipinski definition) is 5. The normalized spacial score (nSPS) is 18.0. The maximum Gasteiger partial charge on any atom is 0.254 e. The largest absolute Gasteiger partial charge is 0.381 e. The highest BCUT2D eigenvalue weighted by molar-refractivity contribution is 8.00. The zero-order valence-corrected chi connectivity index (χ0v) is 33.1. The van der Waals surface area contributed by atoms with Gasteiger partial charge in [-0.05, 0) is 47.8 Å². The van der Waals surface area contributed by atoms with Crippen LogP contribution in [0, 0.1) is 10.8 Å². The van der Waals surface area contributed by atoms with Crippen molar-refractivity contribution in [3.8, 4) is 0 Å². The van der Waals surface area contributed by atoms with E-state index in [9.17, 15) is 24.3 Å². The number of carbonyl (C=O) groups is 4. The summed E-state index contributed by atoms with van der Waals surface area (Å²) in [5.41, 5.74) is 1.62. The molecule has 11 heteroatoms. The van der Waals surface area contributed by atoms with Crippen LogP contribution in [0.1, 0.15) is 78.1 Å². The van der Waals surface area contributed by atoms with Crippen LogP contribution >= 0.6 is 11.8 Å². The van der Waals surface area contributed by atoms with Crippen molar-refractivity contribution in [3.63, 3.8) is 0 Å². The van der Waals surface area contributed by atoms with Gasteiger partial charge in [0, 0.05) is 17.8 Å². The Morgan fingerprint density at radius 3 is 1.91 bits per heavy atom. The fraction of sp³-hybridized carbons (Fsp3) is 0.476. The van der Waals surface area contributed by atoms with Gasteiger partial charge in [0.1, 0.15) is 18.1 Å². The lowest BCUT2D eigenvalue weighted by molar-refractivity contribution is -0.148. The number of nitrogens with zero attached hydrogens (tertiary/aromatic N) is 1. The molecule has 0 spiro atoms. The van der Waals surface area contributed by atoms with Crippen LogP contribution in [0.3, 0.4) is 0 Å². The smallest absolute Gasteiger partial charge is 0.254 e. The third kappa shape index (κ3) is 11.6. The first-order valence-electron chi connectivity index (χ1n) is 18.2. The summed E-state index contributed by atoms with van der Waals surface area (Å²) in [6.07, 6.45) is -1.53. The summed E-state index contributed by atoms with van der Waals surface area (Å²) in [7, 11) is 0. The molecule has 1 aliphatic heterocycles. The first-order valence-corrected chi connectivity index (χ1v) is 19.2. The molecular weight excluding hydrogens is 687 g/mol. The standard InChI is InChI=1S/C42H57N5O5S/c1-40(2,3)26-44-38(51)35-42(7,8)53-27-47(35)39(52)33(48)31(24-28-18-12-9-13-19-28)45-37(50)34(41(4,5)6)46-36(49)32(30-22-16-11-17-23-30)43-25-29-20-14-10-15-21-29/h9-23,31-35,43,48H,24-27H2,1-8H3,(H,44,51)(H,45,50)(H,46,49)/t31-,32-,33-,34+,35+/m0/s1. The van der Waals surface area contributed by atoms with E-state index in [1.807, 2.05) is 146 Å². The summed E-state index contributed by atoms with van der Waals surface area (Å²) in [6, 6.07) is 24.7. The van der Waals surface area contributed by atoms with Crippen molar-refractivity contribution >= 4 is 35.4 Å². The number of benzene rings is 3. The van der Waals surface area contributed by atoms with Gasteiger partial charge in [-0.2, -0.15) is 0 Å². The molecule has 1 fully saturated rings. The Kier molecular flexibility index (Phi) is 13.9. The zero-order chi connectivity index (χ0) is 39.0. The van der Waals surface area contributed by atoms with Crippen LogP contribution < -0.4 is 21.3 Å². The molecule has 286 valence electrons. The summed E-state index contributed by atoms with van der Waals surface area (Å²) < 4.78 is -0.610. The average Bonchev–Trinajstić information content (AvgIpc) is 3.43. The lowest BCUT2D eigenvalue weighted by Gasteiger charge is -2.36. The Morgan fingerprint density at radius 2 is 1.36 bits per heavy atom. The predicted molar refractivity (Wildman–Crippen MR) is 212 cm³/mol. The molecule has 4 amide bonds. The second-order valence-electron chi connectivity index (χ2n) is 16.6. The minimum atomic E-state index is -1.67. The van der Waals surface area contributed by atoms with Crippen molar-refractivity contribution in [1.29, 1.82) is 0 Å². The van der Waals surface area contributed by atoms with Crippen molar-refractivity contribution < 1.29 is 24.3 Å². The van der Waals surface area contributed by atoms with Crippen LogP contribution in [0.15, 0.2) is 91.0 Å². The predicted octanol–water partition coefficient (Wildman–Crippen LogP) is 4.98. The highest BCUT2D eigenvalue weighted by atomic mass is 32.2. The van der Waals surface area contributed by atoms with Crippen molar-refractivity contribution in [3.05, 3.63) is 108 Å². The number of rotatable bonds is 14. The molecule has 5 N–H and O–H groups in total. The number of hydrogen-bond acceptors (Lipinski definition) is 7. The first kappa shape index (κ1) is 41.6. The SMILES string of the molecule is CC(C)(C)CNC(=O)[C@H]1N(C(=O)[C@@H](O)[C@H](Cc2ccccc2)NC(=O)[C@@H](NC(=O)[C@@H](NCc2ccccc2)c2ccccc2)C(C)(C)C)CSC1(C)C. The van der Waals surface area contributed by atoms with Gasteiger partial charge in [0.25, 0.3) is 5.91 Å². The fourth-order valence-corrected chi connectivity index (χ4v) is 7.44. The van der Waals surface area contributed by atoms with Gasteiger partial charge in [-0.1, -0.05) is 133 Å². The third-order valence-electron chi connectivity index (χ3n) is 9.29. The van der Waals surface area contributed by atoms with E-state index >= 15 is 0 Å². The molecule has 10 nitrogen and oxygen atoms in total. The van der Waals surface area contributed by atoms with Crippen LogP contribution in [-0.4, -0.2) is 75.0 Å². The van der Waals surface area contributed by atoms with Crippen LogP contribution in [0.2, 0.25) is 0 Å². The highest BCUT2D eigenvalue weighted by Gasteiger charge is 2.50. The molecule has 1 saturated heterocycles. The van der Waals surface area contributed by atoms with Gasteiger partial charge < -0.3 is 26.0 Å². The van der Waals surface area contributed by atoms with E-state index in [2.05, 4.69) is 21.3 Å². The van der Waals surface area contributed by atoms with Gasteiger partial charge in [-0.3, -0.25) is 24.5 Å². The van der Waals surface area contributed by atoms with Crippen LogP contribution in [0.5, 0.6) is 0 Å². The lowest BCUT2D eigenvalue weighted by atomic mass is 9.85. The van der Waals surface area contributed by atoms with Crippen LogP contribution in [0.25, 0.3) is 0 Å². The third-order valence-corrected chi connectivity index (χ3v) is 10.7. The van der Waals surface area contributed by atoms with Crippen LogP contribution in [-0.2, 0) is 32.1 Å². The summed E-state index contributed by atoms with van der Waals surface area (Å²) >= 11 is 1.46. The number of aliphatic hydroxyl groups is 1. The fourth-order valence-electron chi connectivity index (χ4n) is 6.30. The van der Waals surface area contributed by atoms with Crippen molar-refractivity contribution in [2.75, 3.05) is 12.4 Å². The molecule has 5 atom stereocenters. The Bertz CT molecular complexity index is 1670. The van der Waals surface area contributed by atoms with Gasteiger partial charge in [0.05, 0.1) is 11.9 Å². The second kappa shape index (κ2) is 17.8. The Balaban J connectivity index is 1.59. The van der Waals surface area contributed by atoms with Gasteiger partial charge in [-0.25, -0.2) is 0 Å². The van der Waals surface area contributed by atoms with Gasteiger partial charge in [0.15, 0.2) is 6.10 Å². The molecule has 1 heterocycles. The van der Waals surface area contributed by atoms with Gasteiger partial charge in [-0.15, -0.1) is 11.8 Å². The molecule has 3 aromatic rings. The summed E-state index contributed by atoms with van der Waals surface area (Å²) in [5.74, 6) is -1.66. The number of amides is 4. The van der Waals surface area contributed by atoms with E-state index in [0.717, 1.165) is 16.7 Å². The quantitative estimate of drug-likeness (QED) is 0.157. The zero-order valence-electron chi connectivity index (χ0n) is 32.3. The van der Waals surface area contributed by atoms with Gasteiger partial charge in [0.2, 0.25) is 17.7 Å². The molecule has 53 heavy (non-hydrogen) atoms. The molecule has 0 radical (unpaired) electrons. The average molecular weight is 744 g/mol. The van der Waals surface area contributed by atoms with E-state index in [0.29, 0.717) is 13.1 Å². The molecule has 0 unspecified atom stereocenters. The molecule has 0 aliphatic carbocycles.